The van der Waals surface area contributed by atoms with E-state index in [1.807, 2.05) is 20.8 Å². The maximum atomic E-state index is 12.7. The van der Waals surface area contributed by atoms with Gasteiger partial charge in [0.15, 0.2) is 0 Å². The first-order valence-electron chi connectivity index (χ1n) is 6.65. The molecule has 17 heavy (non-hydrogen) atoms. The summed E-state index contributed by atoms with van der Waals surface area (Å²) >= 11 is 0. The fourth-order valence-electron chi connectivity index (χ4n) is 3.37. The van der Waals surface area contributed by atoms with Crippen LogP contribution in [0.4, 0.5) is 0 Å². The second-order valence-corrected chi connectivity index (χ2v) is 8.99. The summed E-state index contributed by atoms with van der Waals surface area (Å²) in [6, 6.07) is 0. The van der Waals surface area contributed by atoms with Crippen molar-refractivity contribution in [2.45, 2.75) is 62.6 Å². The number of nitrogens with one attached hydrogen (secondary N) is 1. The zero-order valence-electron chi connectivity index (χ0n) is 11.2. The molecule has 1 saturated heterocycles. The topological polar surface area (TPSA) is 49.3 Å². The highest BCUT2D eigenvalue weighted by molar-refractivity contribution is 7.87. The highest BCUT2D eigenvalue weighted by Gasteiger charge is 2.51. The second-order valence-electron chi connectivity index (χ2n) is 6.60. The predicted molar refractivity (Wildman–Crippen MR) is 71.5 cm³/mol. The van der Waals surface area contributed by atoms with Crippen LogP contribution in [0.1, 0.15) is 46.5 Å². The van der Waals surface area contributed by atoms with E-state index in [-0.39, 0.29) is 21.5 Å². The number of aliphatic hydroxyl groups excluding tert-OH is 1. The Morgan fingerprint density at radius 3 is 2.41 bits per heavy atom. The Hall–Kier alpha value is 0.0700. The van der Waals surface area contributed by atoms with Gasteiger partial charge in [-0.25, -0.2) is 0 Å². The standard InChI is InChI=1S/C13H25NO2S/c1-12(2,3)17(16)11-8-10(15)9-13(11)4-6-14-7-5-13/h10-11,14-15H,4-9H2,1-3H3/t10-,11-,17?/m1/s1. The van der Waals surface area contributed by atoms with Gasteiger partial charge in [-0.1, -0.05) is 0 Å². The first kappa shape index (κ1) is 13.5. The zero-order valence-corrected chi connectivity index (χ0v) is 12.0. The molecule has 1 aliphatic carbocycles. The molecule has 0 amide bonds. The number of hydrogen-bond acceptors (Lipinski definition) is 3. The molecule has 2 aliphatic rings. The molecule has 1 spiro atoms. The molecule has 0 aromatic rings. The van der Waals surface area contributed by atoms with Crippen LogP contribution in [0, 0.1) is 5.41 Å². The van der Waals surface area contributed by atoms with E-state index in [9.17, 15) is 9.32 Å². The van der Waals surface area contributed by atoms with Crippen molar-refractivity contribution in [3.05, 3.63) is 0 Å². The maximum absolute atomic E-state index is 12.7. The van der Waals surface area contributed by atoms with Gasteiger partial charge in [0, 0.05) is 20.8 Å². The fourth-order valence-corrected chi connectivity index (χ4v) is 5.41. The van der Waals surface area contributed by atoms with E-state index in [1.54, 1.807) is 0 Å². The molecule has 0 aromatic carbocycles. The summed E-state index contributed by atoms with van der Waals surface area (Å²) < 4.78 is 12.5. The van der Waals surface area contributed by atoms with E-state index in [0.29, 0.717) is 0 Å². The molecule has 4 heteroatoms. The molecule has 1 aliphatic heterocycles. The van der Waals surface area contributed by atoms with E-state index in [2.05, 4.69) is 5.32 Å². The second kappa shape index (κ2) is 4.63. The van der Waals surface area contributed by atoms with Gasteiger partial charge in [-0.05, 0) is 65.0 Å². The summed E-state index contributed by atoms with van der Waals surface area (Å²) in [5.74, 6) is 0. The van der Waals surface area contributed by atoms with Gasteiger partial charge < -0.3 is 10.4 Å². The van der Waals surface area contributed by atoms with E-state index < -0.39 is 10.8 Å². The number of aliphatic hydroxyl groups is 1. The lowest BCUT2D eigenvalue weighted by Crippen LogP contribution is -2.46. The summed E-state index contributed by atoms with van der Waals surface area (Å²) in [5, 5.41) is 13.5. The van der Waals surface area contributed by atoms with Gasteiger partial charge in [0.1, 0.15) is 0 Å². The van der Waals surface area contributed by atoms with Gasteiger partial charge in [-0.3, -0.25) is 4.21 Å². The largest absolute Gasteiger partial charge is 0.393 e. The Morgan fingerprint density at radius 1 is 1.29 bits per heavy atom. The highest BCUT2D eigenvalue weighted by Crippen LogP contribution is 2.49. The third-order valence-electron chi connectivity index (χ3n) is 4.27. The van der Waals surface area contributed by atoms with Gasteiger partial charge in [-0.15, -0.1) is 0 Å². The molecule has 1 heterocycles. The van der Waals surface area contributed by atoms with Gasteiger partial charge in [0.25, 0.3) is 0 Å². The lowest BCUT2D eigenvalue weighted by molar-refractivity contribution is 0.140. The minimum atomic E-state index is -0.858. The van der Waals surface area contributed by atoms with Crippen LogP contribution in [0.25, 0.3) is 0 Å². The summed E-state index contributed by atoms with van der Waals surface area (Å²) in [6.07, 6.45) is 3.46. The van der Waals surface area contributed by atoms with E-state index in [4.69, 9.17) is 0 Å². The molecule has 100 valence electrons. The molecule has 1 unspecified atom stereocenters. The number of rotatable bonds is 1. The van der Waals surface area contributed by atoms with Crippen molar-refractivity contribution in [3.63, 3.8) is 0 Å². The van der Waals surface area contributed by atoms with Crippen LogP contribution in [0.2, 0.25) is 0 Å². The van der Waals surface area contributed by atoms with Crippen LogP contribution in [0.5, 0.6) is 0 Å². The lowest BCUT2D eigenvalue weighted by atomic mass is 9.77. The Morgan fingerprint density at radius 2 is 1.88 bits per heavy atom. The minimum Gasteiger partial charge on any atom is -0.393 e. The average molecular weight is 259 g/mol. The van der Waals surface area contributed by atoms with Crippen molar-refractivity contribution in [1.82, 2.24) is 5.32 Å². The van der Waals surface area contributed by atoms with Gasteiger partial charge in [0.05, 0.1) is 6.10 Å². The normalized spacial score (nSPS) is 35.1. The molecule has 3 atom stereocenters. The molecule has 0 bridgehead atoms. The third-order valence-corrected chi connectivity index (χ3v) is 6.69. The van der Waals surface area contributed by atoms with Crippen LogP contribution in [-0.4, -0.2) is 38.5 Å². The molecule has 0 radical (unpaired) electrons. The molecule has 2 fully saturated rings. The highest BCUT2D eigenvalue weighted by atomic mass is 32.2. The summed E-state index contributed by atoms with van der Waals surface area (Å²) in [5.41, 5.74) is 0.128. The van der Waals surface area contributed by atoms with Crippen molar-refractivity contribution in [2.75, 3.05) is 13.1 Å². The molecular weight excluding hydrogens is 234 g/mol. The van der Waals surface area contributed by atoms with E-state index >= 15 is 0 Å². The monoisotopic (exact) mass is 259 g/mol. The summed E-state index contributed by atoms with van der Waals surface area (Å²) in [4.78, 5) is 0. The fraction of sp³-hybridized carbons (Fsp3) is 1.00. The van der Waals surface area contributed by atoms with Gasteiger partial charge in [-0.2, -0.15) is 0 Å². The molecule has 1 saturated carbocycles. The zero-order chi connectivity index (χ0) is 12.7. The molecule has 2 rings (SSSR count). The van der Waals surface area contributed by atoms with E-state index in [0.717, 1.165) is 38.8 Å². The van der Waals surface area contributed by atoms with Crippen LogP contribution < -0.4 is 5.32 Å². The smallest absolute Gasteiger partial charge is 0.0557 e. The minimum absolute atomic E-state index is 0.128. The Bertz CT molecular complexity index is 305. The predicted octanol–water partition coefficient (Wildman–Crippen LogP) is 1.43. The molecular formula is C13H25NO2S. The first-order chi connectivity index (χ1) is 7.85. The van der Waals surface area contributed by atoms with Gasteiger partial charge in [0.2, 0.25) is 0 Å². The van der Waals surface area contributed by atoms with E-state index in [1.165, 1.54) is 0 Å². The SMILES string of the molecule is CC(C)(C)S(=O)[C@@H]1C[C@@H](O)CC12CCNCC2. The Balaban J connectivity index is 2.22. The first-order valence-corrected chi connectivity index (χ1v) is 7.86. The quantitative estimate of drug-likeness (QED) is 0.749. The van der Waals surface area contributed by atoms with Crippen molar-refractivity contribution < 1.29 is 9.32 Å². The van der Waals surface area contributed by atoms with Crippen LogP contribution in [0.15, 0.2) is 0 Å². The average Bonchev–Trinajstić information content (AvgIpc) is 2.54. The maximum Gasteiger partial charge on any atom is 0.0557 e. The van der Waals surface area contributed by atoms with Crippen molar-refractivity contribution in [2.24, 2.45) is 5.41 Å². The number of hydrogen-bond donors (Lipinski definition) is 2. The van der Waals surface area contributed by atoms with Crippen LogP contribution in [0.3, 0.4) is 0 Å². The Labute approximate surface area is 107 Å². The van der Waals surface area contributed by atoms with Crippen LogP contribution in [-0.2, 0) is 10.8 Å². The van der Waals surface area contributed by atoms with Crippen molar-refractivity contribution in [3.8, 4) is 0 Å². The molecule has 3 nitrogen and oxygen atoms in total. The lowest BCUT2D eigenvalue weighted by Gasteiger charge is -2.40. The van der Waals surface area contributed by atoms with Crippen molar-refractivity contribution >= 4 is 10.8 Å². The third kappa shape index (κ3) is 2.59. The Kier molecular flexibility index (Phi) is 3.68. The van der Waals surface area contributed by atoms with Crippen molar-refractivity contribution in [1.29, 1.82) is 0 Å². The van der Waals surface area contributed by atoms with Crippen LogP contribution >= 0.6 is 0 Å². The molecule has 0 aromatic heterocycles. The van der Waals surface area contributed by atoms with Gasteiger partial charge >= 0.3 is 0 Å². The summed E-state index contributed by atoms with van der Waals surface area (Å²) in [6.45, 7) is 8.14. The number of piperidine rings is 1. The summed E-state index contributed by atoms with van der Waals surface area (Å²) in [7, 11) is -0.858. The molecule has 2 N–H and O–H groups in total.